The summed E-state index contributed by atoms with van der Waals surface area (Å²) in [6.07, 6.45) is 1.51. The van der Waals surface area contributed by atoms with Crippen LogP contribution < -0.4 is 5.32 Å². The summed E-state index contributed by atoms with van der Waals surface area (Å²) >= 11 is 0. The maximum Gasteiger partial charge on any atom is 0.267 e. The zero-order valence-electron chi connectivity index (χ0n) is 14.3. The topological polar surface area (TPSA) is 74.4 Å². The number of amides is 1. The highest BCUT2D eigenvalue weighted by Crippen LogP contribution is 2.10. The van der Waals surface area contributed by atoms with Gasteiger partial charge in [0.2, 0.25) is 0 Å². The van der Waals surface area contributed by atoms with Gasteiger partial charge in [-0.3, -0.25) is 14.5 Å². The zero-order chi connectivity index (χ0) is 17.6. The molecule has 6 heteroatoms. The Hall–Kier alpha value is -2.44. The van der Waals surface area contributed by atoms with E-state index in [9.17, 15) is 9.59 Å². The Morgan fingerprint density at radius 3 is 2.84 bits per heavy atom. The van der Waals surface area contributed by atoms with Crippen LogP contribution in [0.2, 0.25) is 0 Å². The van der Waals surface area contributed by atoms with Crippen LogP contribution in [0.5, 0.6) is 0 Å². The third-order valence-electron chi connectivity index (χ3n) is 4.30. The van der Waals surface area contributed by atoms with Gasteiger partial charge in [0.15, 0.2) is 5.78 Å². The van der Waals surface area contributed by atoms with E-state index in [0.29, 0.717) is 24.4 Å². The smallest absolute Gasteiger partial charge is 0.267 e. The van der Waals surface area contributed by atoms with Gasteiger partial charge in [0.1, 0.15) is 5.69 Å². The maximum absolute atomic E-state index is 12.2. The van der Waals surface area contributed by atoms with E-state index in [-0.39, 0.29) is 17.8 Å². The van der Waals surface area contributed by atoms with Gasteiger partial charge in [0.25, 0.3) is 5.91 Å². The van der Waals surface area contributed by atoms with Crippen molar-refractivity contribution in [2.75, 3.05) is 26.2 Å². The van der Waals surface area contributed by atoms with Crippen molar-refractivity contribution in [3.8, 4) is 0 Å². The third kappa shape index (κ3) is 4.78. The number of hydrogen-bond acceptors (Lipinski definition) is 4. The predicted octanol–water partition coefficient (Wildman–Crippen LogP) is 1.85. The van der Waals surface area contributed by atoms with Gasteiger partial charge in [0, 0.05) is 37.9 Å². The van der Waals surface area contributed by atoms with Crippen LogP contribution >= 0.6 is 0 Å². The number of H-pyrrole nitrogens is 1. The Bertz CT molecular complexity index is 727. The summed E-state index contributed by atoms with van der Waals surface area (Å²) < 4.78 is 5.75. The van der Waals surface area contributed by atoms with Gasteiger partial charge in [-0.1, -0.05) is 30.3 Å². The molecule has 1 aliphatic rings. The molecular formula is C19H23N3O3. The summed E-state index contributed by atoms with van der Waals surface area (Å²) in [5, 5.41) is 2.87. The molecule has 1 aromatic heterocycles. The molecule has 1 aliphatic heterocycles. The Morgan fingerprint density at radius 2 is 2.12 bits per heavy atom. The van der Waals surface area contributed by atoms with Gasteiger partial charge in [-0.05, 0) is 18.6 Å². The molecule has 1 atom stereocenters. The second-order valence-electron chi connectivity index (χ2n) is 6.28. The van der Waals surface area contributed by atoms with Gasteiger partial charge in [-0.2, -0.15) is 0 Å². The molecule has 0 saturated carbocycles. The summed E-state index contributed by atoms with van der Waals surface area (Å²) in [5.74, 6) is -0.293. The van der Waals surface area contributed by atoms with E-state index in [0.717, 1.165) is 19.6 Å². The van der Waals surface area contributed by atoms with Crippen molar-refractivity contribution in [1.82, 2.24) is 15.2 Å². The molecule has 1 aromatic carbocycles. The van der Waals surface area contributed by atoms with Crippen molar-refractivity contribution < 1.29 is 14.3 Å². The van der Waals surface area contributed by atoms with E-state index >= 15 is 0 Å². The standard InChI is InChI=1S/C19H23N3O3/c1-14(23)16-9-18(20-10-16)19(24)21-11-17-13-22(7-8-25-17)12-15-5-3-2-4-6-15/h2-6,9-10,17,20H,7-8,11-13H2,1H3,(H,21,24). The second-order valence-corrected chi connectivity index (χ2v) is 6.28. The van der Waals surface area contributed by atoms with Crippen LogP contribution in [0.3, 0.4) is 0 Å². The number of ether oxygens (including phenoxy) is 1. The van der Waals surface area contributed by atoms with E-state index in [4.69, 9.17) is 4.74 Å². The van der Waals surface area contributed by atoms with Crippen LogP contribution in [0, 0.1) is 0 Å². The van der Waals surface area contributed by atoms with Crippen molar-refractivity contribution in [2.24, 2.45) is 0 Å². The molecule has 1 saturated heterocycles. The SMILES string of the molecule is CC(=O)c1c[nH]c(C(=O)NCC2CN(Cc3ccccc3)CCO2)c1. The molecule has 0 spiro atoms. The number of carbonyl (C=O) groups is 2. The Labute approximate surface area is 147 Å². The molecule has 2 heterocycles. The minimum absolute atomic E-state index is 0.0383. The summed E-state index contributed by atoms with van der Waals surface area (Å²) in [4.78, 5) is 28.6. The lowest BCUT2D eigenvalue weighted by Crippen LogP contribution is -2.47. The molecule has 2 aromatic rings. The molecule has 0 bridgehead atoms. The van der Waals surface area contributed by atoms with Crippen molar-refractivity contribution in [2.45, 2.75) is 19.6 Å². The average Bonchev–Trinajstić information content (AvgIpc) is 3.11. The predicted molar refractivity (Wildman–Crippen MR) is 94.6 cm³/mol. The molecule has 2 N–H and O–H groups in total. The lowest BCUT2D eigenvalue weighted by Gasteiger charge is -2.33. The number of rotatable bonds is 6. The molecule has 0 radical (unpaired) electrons. The van der Waals surface area contributed by atoms with Gasteiger partial charge in [-0.25, -0.2) is 0 Å². The number of ketones is 1. The van der Waals surface area contributed by atoms with Crippen LogP contribution in [-0.2, 0) is 11.3 Å². The number of carbonyl (C=O) groups excluding carboxylic acids is 2. The first kappa shape index (κ1) is 17.4. The molecule has 0 aliphatic carbocycles. The van der Waals surface area contributed by atoms with Crippen LogP contribution in [0.25, 0.3) is 0 Å². The molecule has 1 fully saturated rings. The van der Waals surface area contributed by atoms with Crippen LogP contribution in [0.4, 0.5) is 0 Å². The van der Waals surface area contributed by atoms with Gasteiger partial charge < -0.3 is 15.0 Å². The number of morpholine rings is 1. The minimum Gasteiger partial charge on any atom is -0.374 e. The van der Waals surface area contributed by atoms with Crippen molar-refractivity contribution in [3.05, 3.63) is 59.4 Å². The highest BCUT2D eigenvalue weighted by molar-refractivity contribution is 5.99. The van der Waals surface area contributed by atoms with Crippen LogP contribution in [0.1, 0.15) is 33.3 Å². The minimum atomic E-state index is -0.226. The number of aromatic nitrogens is 1. The monoisotopic (exact) mass is 341 g/mol. The molecule has 132 valence electrons. The van der Waals surface area contributed by atoms with Gasteiger partial charge in [-0.15, -0.1) is 0 Å². The molecule has 1 amide bonds. The summed E-state index contributed by atoms with van der Waals surface area (Å²) in [5.41, 5.74) is 2.17. The average molecular weight is 341 g/mol. The lowest BCUT2D eigenvalue weighted by molar-refractivity contribution is -0.0292. The van der Waals surface area contributed by atoms with E-state index in [1.54, 1.807) is 12.3 Å². The number of nitrogens with one attached hydrogen (secondary N) is 2. The Kier molecular flexibility index (Phi) is 5.63. The maximum atomic E-state index is 12.2. The second kappa shape index (κ2) is 8.09. The summed E-state index contributed by atoms with van der Waals surface area (Å²) in [6.45, 7) is 5.12. The number of nitrogens with zero attached hydrogens (tertiary/aromatic N) is 1. The third-order valence-corrected chi connectivity index (χ3v) is 4.30. The Morgan fingerprint density at radius 1 is 1.32 bits per heavy atom. The largest absolute Gasteiger partial charge is 0.374 e. The first-order valence-corrected chi connectivity index (χ1v) is 8.47. The quantitative estimate of drug-likeness (QED) is 0.787. The van der Waals surface area contributed by atoms with E-state index < -0.39 is 0 Å². The van der Waals surface area contributed by atoms with Crippen LogP contribution in [-0.4, -0.2) is 53.9 Å². The molecule has 25 heavy (non-hydrogen) atoms. The fourth-order valence-corrected chi connectivity index (χ4v) is 2.92. The van der Waals surface area contributed by atoms with E-state index in [2.05, 4.69) is 27.3 Å². The highest BCUT2D eigenvalue weighted by Gasteiger charge is 2.21. The molecule has 6 nitrogen and oxygen atoms in total. The molecule has 3 rings (SSSR count). The van der Waals surface area contributed by atoms with Crippen molar-refractivity contribution in [1.29, 1.82) is 0 Å². The van der Waals surface area contributed by atoms with E-state index in [1.165, 1.54) is 12.5 Å². The first-order valence-electron chi connectivity index (χ1n) is 8.47. The molecule has 1 unspecified atom stereocenters. The number of hydrogen-bond donors (Lipinski definition) is 2. The fraction of sp³-hybridized carbons (Fsp3) is 0.368. The molecular weight excluding hydrogens is 318 g/mol. The zero-order valence-corrected chi connectivity index (χ0v) is 14.3. The summed E-state index contributed by atoms with van der Waals surface area (Å²) in [6, 6.07) is 11.9. The van der Waals surface area contributed by atoms with Crippen LogP contribution in [0.15, 0.2) is 42.6 Å². The van der Waals surface area contributed by atoms with E-state index in [1.807, 2.05) is 18.2 Å². The Balaban J connectivity index is 1.49. The van der Waals surface area contributed by atoms with Gasteiger partial charge in [0.05, 0.1) is 12.7 Å². The highest BCUT2D eigenvalue weighted by atomic mass is 16.5. The van der Waals surface area contributed by atoms with Crippen molar-refractivity contribution >= 4 is 11.7 Å². The fourth-order valence-electron chi connectivity index (χ4n) is 2.92. The van der Waals surface area contributed by atoms with Gasteiger partial charge >= 0.3 is 0 Å². The summed E-state index contributed by atoms with van der Waals surface area (Å²) in [7, 11) is 0. The first-order chi connectivity index (χ1) is 12.1. The number of aromatic amines is 1. The number of Topliss-reactive ketones (excluding diaryl/α,β-unsaturated/α-hetero) is 1. The van der Waals surface area contributed by atoms with Crippen molar-refractivity contribution in [3.63, 3.8) is 0 Å². The normalized spacial score (nSPS) is 18.0. The number of benzene rings is 1. The lowest BCUT2D eigenvalue weighted by atomic mass is 10.2.